The van der Waals surface area contributed by atoms with Gasteiger partial charge in [0.25, 0.3) is 10.0 Å². The smallest absolute Gasteiger partial charge is 1.00 e. The van der Waals surface area contributed by atoms with Crippen molar-refractivity contribution in [3.63, 3.8) is 0 Å². The van der Waals surface area contributed by atoms with E-state index in [0.29, 0.717) is 12.3 Å². The Morgan fingerprint density at radius 3 is 2.37 bits per heavy atom. The fraction of sp³-hybridized carbons (Fsp3) is 0.476. The molecule has 1 aromatic carbocycles. The summed E-state index contributed by atoms with van der Waals surface area (Å²) in [5.41, 5.74) is 6.60. The number of aryl methyl sites for hydroxylation is 2. The Balaban J connectivity index is 0.00000136. The van der Waals surface area contributed by atoms with Crippen molar-refractivity contribution in [3.8, 4) is 0 Å². The van der Waals surface area contributed by atoms with Gasteiger partial charge in [0.15, 0.2) is 0 Å². The molecule has 3 aliphatic rings. The Hall–Kier alpha value is -1.32. The maximum atomic E-state index is 12.7. The van der Waals surface area contributed by atoms with Gasteiger partial charge in [-0.1, -0.05) is 6.07 Å². The van der Waals surface area contributed by atoms with E-state index < -0.39 is 16.1 Å². The molecule has 2 aliphatic carbocycles. The predicted octanol–water partition coefficient (Wildman–Crippen LogP) is -0.128. The van der Waals surface area contributed by atoms with Gasteiger partial charge >= 0.3 is 35.6 Å². The standard InChI is InChI=1S/C21H25N3O4S.Na.H/c1-24-9-8-15-11-19(28-18(15)12-24)29(26,27)23-21(25)22-20-16-6-2-4-13(16)10-14-5-3-7-17(14)20;;/h10-11H,2-9,12H2,1H3,(H2,22,23,25);;/q;+1;-1. The third kappa shape index (κ3) is 3.96. The number of amides is 2. The van der Waals surface area contributed by atoms with Crippen LogP contribution in [0.25, 0.3) is 0 Å². The van der Waals surface area contributed by atoms with E-state index in [-0.39, 0.29) is 36.1 Å². The van der Waals surface area contributed by atoms with Gasteiger partial charge in [-0.05, 0) is 79.8 Å². The number of furan rings is 1. The summed E-state index contributed by atoms with van der Waals surface area (Å²) >= 11 is 0. The van der Waals surface area contributed by atoms with Gasteiger partial charge in [-0.25, -0.2) is 9.52 Å². The van der Waals surface area contributed by atoms with Gasteiger partial charge < -0.3 is 11.2 Å². The van der Waals surface area contributed by atoms with E-state index in [1.165, 1.54) is 17.2 Å². The summed E-state index contributed by atoms with van der Waals surface area (Å²) in [5, 5.41) is 2.66. The van der Waals surface area contributed by atoms with Crippen LogP contribution in [0.2, 0.25) is 0 Å². The minimum Gasteiger partial charge on any atom is -1.00 e. The first kappa shape index (κ1) is 21.9. The van der Waals surface area contributed by atoms with Crippen LogP contribution in [0.5, 0.6) is 0 Å². The van der Waals surface area contributed by atoms with Crippen molar-refractivity contribution in [2.24, 2.45) is 0 Å². The van der Waals surface area contributed by atoms with E-state index in [9.17, 15) is 13.2 Å². The molecule has 2 aromatic rings. The molecule has 0 unspecified atom stereocenters. The predicted molar refractivity (Wildman–Crippen MR) is 110 cm³/mol. The number of fused-ring (bicyclic) bond motifs is 3. The number of sulfonamides is 1. The molecule has 1 aromatic heterocycles. The minimum absolute atomic E-state index is 0. The molecular formula is C21H26N3NaO4S. The number of urea groups is 1. The van der Waals surface area contributed by atoms with Crippen LogP contribution in [-0.4, -0.2) is 32.9 Å². The van der Waals surface area contributed by atoms with Crippen molar-refractivity contribution in [1.29, 1.82) is 0 Å². The molecule has 5 rings (SSSR count). The molecule has 0 saturated heterocycles. The first-order valence-electron chi connectivity index (χ1n) is 10.2. The van der Waals surface area contributed by atoms with Crippen LogP contribution in [0, 0.1) is 0 Å². The SMILES string of the molecule is CN1CCc2cc(S(=O)(=O)NC(=O)Nc3c4c(cc5c3CCC5)CCC4)oc2C1.[H-].[Na+]. The Labute approximate surface area is 200 Å². The van der Waals surface area contributed by atoms with Crippen molar-refractivity contribution in [2.45, 2.75) is 56.6 Å². The number of carbonyl (C=O) groups is 1. The van der Waals surface area contributed by atoms with Gasteiger partial charge in [-0.2, -0.15) is 8.42 Å². The third-order valence-corrected chi connectivity index (χ3v) is 7.44. The normalized spacial score (nSPS) is 17.6. The number of rotatable bonds is 3. The molecule has 9 heteroatoms. The summed E-state index contributed by atoms with van der Waals surface area (Å²) < 4.78 is 33.1. The van der Waals surface area contributed by atoms with E-state index in [1.54, 1.807) is 0 Å². The van der Waals surface area contributed by atoms with Crippen molar-refractivity contribution >= 4 is 21.7 Å². The van der Waals surface area contributed by atoms with Crippen LogP contribution in [0.4, 0.5) is 10.5 Å². The first-order chi connectivity index (χ1) is 13.9. The number of anilines is 1. The van der Waals surface area contributed by atoms with Crippen LogP contribution < -0.4 is 39.6 Å². The fourth-order valence-electron chi connectivity index (χ4n) is 4.83. The molecule has 0 radical (unpaired) electrons. The largest absolute Gasteiger partial charge is 1.00 e. The zero-order valence-corrected chi connectivity index (χ0v) is 20.3. The second-order valence-electron chi connectivity index (χ2n) is 8.30. The molecule has 2 heterocycles. The van der Waals surface area contributed by atoms with E-state index >= 15 is 0 Å². The molecule has 156 valence electrons. The van der Waals surface area contributed by atoms with E-state index in [1.807, 2.05) is 7.05 Å². The molecular weight excluding hydrogens is 413 g/mol. The third-order valence-electron chi connectivity index (χ3n) is 6.25. The van der Waals surface area contributed by atoms with Crippen LogP contribution in [0.1, 0.15) is 47.8 Å². The molecule has 1 aliphatic heterocycles. The summed E-state index contributed by atoms with van der Waals surface area (Å²) in [4.78, 5) is 14.7. The Morgan fingerprint density at radius 1 is 1.03 bits per heavy atom. The topological polar surface area (TPSA) is 91.7 Å². The Bertz CT molecular complexity index is 1080. The molecule has 0 atom stereocenters. The number of likely N-dealkylation sites (N-methyl/N-ethyl adjacent to an activating group) is 1. The van der Waals surface area contributed by atoms with Crippen LogP contribution in [0.3, 0.4) is 0 Å². The quantitative estimate of drug-likeness (QED) is 0.651. The van der Waals surface area contributed by atoms with Crippen LogP contribution >= 0.6 is 0 Å². The number of nitrogens with zero attached hydrogens (tertiary/aromatic N) is 1. The van der Waals surface area contributed by atoms with Gasteiger partial charge in [0.05, 0.1) is 6.54 Å². The number of benzene rings is 1. The number of carbonyl (C=O) groups excluding carboxylic acids is 1. The van der Waals surface area contributed by atoms with E-state index in [4.69, 9.17) is 4.42 Å². The van der Waals surface area contributed by atoms with Crippen molar-refractivity contribution in [1.82, 2.24) is 9.62 Å². The summed E-state index contributed by atoms with van der Waals surface area (Å²) in [5.74, 6) is 0.651. The zero-order valence-electron chi connectivity index (χ0n) is 18.5. The first-order valence-corrected chi connectivity index (χ1v) is 11.7. The van der Waals surface area contributed by atoms with Gasteiger partial charge in [0.1, 0.15) is 5.76 Å². The number of nitrogens with one attached hydrogen (secondary N) is 2. The molecule has 0 bridgehead atoms. The number of hydrogen-bond donors (Lipinski definition) is 2. The van der Waals surface area contributed by atoms with E-state index in [2.05, 4.69) is 21.0 Å². The summed E-state index contributed by atoms with van der Waals surface area (Å²) in [7, 11) is -2.11. The second-order valence-corrected chi connectivity index (χ2v) is 9.91. The molecule has 2 N–H and O–H groups in total. The molecule has 0 saturated carbocycles. The van der Waals surface area contributed by atoms with Crippen LogP contribution in [0.15, 0.2) is 21.6 Å². The molecule has 0 spiro atoms. The fourth-order valence-corrected chi connectivity index (χ4v) is 5.73. The maximum Gasteiger partial charge on any atom is 1.00 e. The molecule has 0 fully saturated rings. The minimum atomic E-state index is -4.07. The molecule has 7 nitrogen and oxygen atoms in total. The Kier molecular flexibility index (Phi) is 6.07. The summed E-state index contributed by atoms with van der Waals surface area (Å²) in [6.45, 7) is 1.42. The maximum absolute atomic E-state index is 12.7. The molecule has 30 heavy (non-hydrogen) atoms. The second kappa shape index (κ2) is 8.31. The van der Waals surface area contributed by atoms with Gasteiger partial charge in [0, 0.05) is 18.3 Å². The van der Waals surface area contributed by atoms with E-state index in [0.717, 1.165) is 73.9 Å². The Morgan fingerprint density at radius 2 is 1.70 bits per heavy atom. The average molecular weight is 440 g/mol. The summed E-state index contributed by atoms with van der Waals surface area (Å²) in [6.07, 6.45) is 6.75. The zero-order chi connectivity index (χ0) is 20.2. The van der Waals surface area contributed by atoms with Gasteiger partial charge in [-0.3, -0.25) is 4.90 Å². The van der Waals surface area contributed by atoms with Crippen molar-refractivity contribution in [3.05, 3.63) is 45.7 Å². The van der Waals surface area contributed by atoms with Gasteiger partial charge in [-0.15, -0.1) is 0 Å². The number of hydrogen-bond acceptors (Lipinski definition) is 5. The van der Waals surface area contributed by atoms with Crippen LogP contribution in [-0.2, 0) is 48.7 Å². The monoisotopic (exact) mass is 439 g/mol. The summed E-state index contributed by atoms with van der Waals surface area (Å²) in [6, 6.07) is 3.08. The molecule has 2 amide bonds. The van der Waals surface area contributed by atoms with Crippen molar-refractivity contribution in [2.75, 3.05) is 18.9 Å². The van der Waals surface area contributed by atoms with Crippen molar-refractivity contribution < 1.29 is 48.6 Å². The average Bonchev–Trinajstić information content (AvgIpc) is 3.39. The van der Waals surface area contributed by atoms with Gasteiger partial charge in [0.2, 0.25) is 5.09 Å².